The third kappa shape index (κ3) is 2.49. The summed E-state index contributed by atoms with van der Waals surface area (Å²) < 4.78 is 6.74. The van der Waals surface area contributed by atoms with Crippen molar-refractivity contribution >= 4 is 11.6 Å². The molecule has 0 saturated heterocycles. The standard InChI is InChI=1S/C11H16N4O/c1-9-4-6-15-10(8-9)13-11(14-15)12-5-3-7-16-2/h4,6,8H,3,5,7H2,1-2H3,(H,12,14). The van der Waals surface area contributed by atoms with Gasteiger partial charge in [-0.2, -0.15) is 4.98 Å². The van der Waals surface area contributed by atoms with Crippen LogP contribution in [0.5, 0.6) is 0 Å². The Bertz CT molecular complexity index is 466. The van der Waals surface area contributed by atoms with Gasteiger partial charge in [-0.25, -0.2) is 4.52 Å². The number of rotatable bonds is 5. The molecule has 1 N–H and O–H groups in total. The van der Waals surface area contributed by atoms with Crippen molar-refractivity contribution in [2.45, 2.75) is 13.3 Å². The quantitative estimate of drug-likeness (QED) is 0.775. The van der Waals surface area contributed by atoms with Crippen molar-refractivity contribution in [1.29, 1.82) is 0 Å². The van der Waals surface area contributed by atoms with Gasteiger partial charge in [0, 0.05) is 26.5 Å². The lowest BCUT2D eigenvalue weighted by Gasteiger charge is -1.99. The van der Waals surface area contributed by atoms with Gasteiger partial charge >= 0.3 is 0 Å². The number of methoxy groups -OCH3 is 1. The largest absolute Gasteiger partial charge is 0.385 e. The van der Waals surface area contributed by atoms with E-state index < -0.39 is 0 Å². The van der Waals surface area contributed by atoms with Crippen molar-refractivity contribution < 1.29 is 4.74 Å². The topological polar surface area (TPSA) is 51.5 Å². The average Bonchev–Trinajstić information content (AvgIpc) is 2.66. The van der Waals surface area contributed by atoms with Crippen molar-refractivity contribution in [2.75, 3.05) is 25.6 Å². The minimum Gasteiger partial charge on any atom is -0.385 e. The van der Waals surface area contributed by atoms with E-state index >= 15 is 0 Å². The normalized spacial score (nSPS) is 10.9. The highest BCUT2D eigenvalue weighted by Gasteiger charge is 2.01. The van der Waals surface area contributed by atoms with Crippen molar-refractivity contribution in [2.24, 2.45) is 0 Å². The monoisotopic (exact) mass is 220 g/mol. The van der Waals surface area contributed by atoms with Gasteiger partial charge in [-0.3, -0.25) is 0 Å². The number of pyridine rings is 1. The summed E-state index contributed by atoms with van der Waals surface area (Å²) in [5.41, 5.74) is 2.06. The molecule has 2 heterocycles. The van der Waals surface area contributed by atoms with Crippen LogP contribution in [0.15, 0.2) is 18.3 Å². The lowest BCUT2D eigenvalue weighted by atomic mass is 10.3. The second kappa shape index (κ2) is 4.94. The number of nitrogens with one attached hydrogen (secondary N) is 1. The van der Waals surface area contributed by atoms with Crippen LogP contribution < -0.4 is 5.32 Å². The molecule has 0 aliphatic rings. The number of hydrogen-bond donors (Lipinski definition) is 1. The predicted molar refractivity (Wildman–Crippen MR) is 62.7 cm³/mol. The van der Waals surface area contributed by atoms with Crippen molar-refractivity contribution in [3.63, 3.8) is 0 Å². The fourth-order valence-corrected chi connectivity index (χ4v) is 1.47. The molecule has 0 aromatic carbocycles. The molecule has 0 spiro atoms. The molecular weight excluding hydrogens is 204 g/mol. The van der Waals surface area contributed by atoms with Gasteiger partial charge < -0.3 is 10.1 Å². The SMILES string of the molecule is COCCCNc1nc2cc(C)ccn2n1. The summed E-state index contributed by atoms with van der Waals surface area (Å²) in [6, 6.07) is 4.02. The molecule has 2 rings (SSSR count). The van der Waals surface area contributed by atoms with Crippen LogP contribution in [0.3, 0.4) is 0 Å². The Balaban J connectivity index is 2.02. The molecule has 5 heteroatoms. The number of fused-ring (bicyclic) bond motifs is 1. The van der Waals surface area contributed by atoms with E-state index in [1.54, 1.807) is 11.6 Å². The fraction of sp³-hybridized carbons (Fsp3) is 0.455. The zero-order valence-corrected chi connectivity index (χ0v) is 9.60. The van der Waals surface area contributed by atoms with E-state index in [1.165, 1.54) is 5.56 Å². The van der Waals surface area contributed by atoms with E-state index in [4.69, 9.17) is 4.74 Å². The Morgan fingerprint density at radius 3 is 3.19 bits per heavy atom. The molecule has 2 aromatic rings. The first-order valence-electron chi connectivity index (χ1n) is 5.35. The summed E-state index contributed by atoms with van der Waals surface area (Å²) in [4.78, 5) is 4.37. The molecule has 0 unspecified atom stereocenters. The molecule has 0 aliphatic heterocycles. The number of aryl methyl sites for hydroxylation is 1. The lowest BCUT2D eigenvalue weighted by molar-refractivity contribution is 0.197. The first-order valence-corrected chi connectivity index (χ1v) is 5.35. The van der Waals surface area contributed by atoms with E-state index in [2.05, 4.69) is 15.4 Å². The van der Waals surface area contributed by atoms with Gasteiger partial charge in [-0.1, -0.05) is 0 Å². The highest BCUT2D eigenvalue weighted by atomic mass is 16.5. The summed E-state index contributed by atoms with van der Waals surface area (Å²) in [5, 5.41) is 7.47. The predicted octanol–water partition coefficient (Wildman–Crippen LogP) is 1.49. The number of aromatic nitrogens is 3. The van der Waals surface area contributed by atoms with Gasteiger partial charge in [0.25, 0.3) is 0 Å². The van der Waals surface area contributed by atoms with Gasteiger partial charge in [0.2, 0.25) is 5.95 Å². The van der Waals surface area contributed by atoms with E-state index in [-0.39, 0.29) is 0 Å². The molecule has 0 bridgehead atoms. The zero-order valence-electron chi connectivity index (χ0n) is 9.60. The molecule has 0 amide bonds. The molecule has 0 radical (unpaired) electrons. The Morgan fingerprint density at radius 2 is 2.38 bits per heavy atom. The zero-order chi connectivity index (χ0) is 11.4. The van der Waals surface area contributed by atoms with Crippen LogP contribution in [0.4, 0.5) is 5.95 Å². The van der Waals surface area contributed by atoms with Gasteiger partial charge in [0.1, 0.15) is 0 Å². The van der Waals surface area contributed by atoms with Gasteiger partial charge in [-0.05, 0) is 31.0 Å². The van der Waals surface area contributed by atoms with Crippen molar-refractivity contribution in [3.05, 3.63) is 23.9 Å². The van der Waals surface area contributed by atoms with Gasteiger partial charge in [0.15, 0.2) is 5.65 Å². The van der Waals surface area contributed by atoms with Crippen molar-refractivity contribution in [1.82, 2.24) is 14.6 Å². The van der Waals surface area contributed by atoms with Crippen LogP contribution in [-0.2, 0) is 4.74 Å². The summed E-state index contributed by atoms with van der Waals surface area (Å²) in [6.45, 7) is 3.61. The number of anilines is 1. The second-order valence-electron chi connectivity index (χ2n) is 3.72. The number of ether oxygens (including phenoxy) is 1. The summed E-state index contributed by atoms with van der Waals surface area (Å²) >= 11 is 0. The summed E-state index contributed by atoms with van der Waals surface area (Å²) in [7, 11) is 1.70. The maximum absolute atomic E-state index is 4.97. The van der Waals surface area contributed by atoms with Crippen LogP contribution in [0, 0.1) is 6.92 Å². The number of nitrogens with zero attached hydrogens (tertiary/aromatic N) is 3. The molecule has 0 fully saturated rings. The van der Waals surface area contributed by atoms with Crippen LogP contribution in [0.25, 0.3) is 5.65 Å². The van der Waals surface area contributed by atoms with Gasteiger partial charge in [0.05, 0.1) is 0 Å². The molecule has 0 aliphatic carbocycles. The third-order valence-corrected chi connectivity index (χ3v) is 2.30. The molecule has 86 valence electrons. The summed E-state index contributed by atoms with van der Waals surface area (Å²) in [6.07, 6.45) is 2.86. The summed E-state index contributed by atoms with van der Waals surface area (Å²) in [5.74, 6) is 0.668. The fourth-order valence-electron chi connectivity index (χ4n) is 1.47. The highest BCUT2D eigenvalue weighted by Crippen LogP contribution is 2.07. The minimum atomic E-state index is 0.668. The van der Waals surface area contributed by atoms with Gasteiger partial charge in [-0.15, -0.1) is 5.10 Å². The minimum absolute atomic E-state index is 0.668. The van der Waals surface area contributed by atoms with E-state index in [9.17, 15) is 0 Å². The van der Waals surface area contributed by atoms with Crippen LogP contribution >= 0.6 is 0 Å². The molecular formula is C11H16N4O. The van der Waals surface area contributed by atoms with Crippen LogP contribution in [0.2, 0.25) is 0 Å². The van der Waals surface area contributed by atoms with Crippen molar-refractivity contribution in [3.8, 4) is 0 Å². The molecule has 5 nitrogen and oxygen atoms in total. The maximum Gasteiger partial charge on any atom is 0.243 e. The average molecular weight is 220 g/mol. The van der Waals surface area contributed by atoms with Crippen LogP contribution in [-0.4, -0.2) is 34.9 Å². The number of hydrogen-bond acceptors (Lipinski definition) is 4. The smallest absolute Gasteiger partial charge is 0.243 e. The maximum atomic E-state index is 4.97. The Morgan fingerprint density at radius 1 is 1.50 bits per heavy atom. The Labute approximate surface area is 94.4 Å². The first-order chi connectivity index (χ1) is 7.79. The highest BCUT2D eigenvalue weighted by molar-refractivity contribution is 5.45. The molecule has 0 atom stereocenters. The van der Waals surface area contributed by atoms with E-state index in [0.717, 1.165) is 25.2 Å². The van der Waals surface area contributed by atoms with Crippen LogP contribution in [0.1, 0.15) is 12.0 Å². The molecule has 16 heavy (non-hydrogen) atoms. The lowest BCUT2D eigenvalue weighted by Crippen LogP contribution is -2.05. The van der Waals surface area contributed by atoms with E-state index in [1.807, 2.05) is 25.3 Å². The first kappa shape index (κ1) is 10.9. The molecule has 2 aromatic heterocycles. The van der Waals surface area contributed by atoms with E-state index in [0.29, 0.717) is 5.95 Å². The molecule has 0 saturated carbocycles. The Kier molecular flexibility index (Phi) is 3.36. The third-order valence-electron chi connectivity index (χ3n) is 2.30. The Hall–Kier alpha value is -1.62. The second-order valence-corrected chi connectivity index (χ2v) is 3.72.